The van der Waals surface area contributed by atoms with Gasteiger partial charge in [0.2, 0.25) is 12.7 Å². The zero-order valence-corrected chi connectivity index (χ0v) is 16.7. The van der Waals surface area contributed by atoms with Gasteiger partial charge in [-0.05, 0) is 43.7 Å². The number of fused-ring (bicyclic) bond motifs is 2. The summed E-state index contributed by atoms with van der Waals surface area (Å²) >= 11 is 1.46. The summed E-state index contributed by atoms with van der Waals surface area (Å²) in [4.78, 5) is 28.5. The summed E-state index contributed by atoms with van der Waals surface area (Å²) in [6, 6.07) is 5.45. The number of rotatable bonds is 5. The van der Waals surface area contributed by atoms with Crippen LogP contribution in [0.2, 0.25) is 0 Å². The average Bonchev–Trinajstić information content (AvgIpc) is 3.24. The van der Waals surface area contributed by atoms with Gasteiger partial charge in [-0.2, -0.15) is 0 Å². The zero-order valence-electron chi connectivity index (χ0n) is 15.9. The van der Waals surface area contributed by atoms with E-state index in [0.29, 0.717) is 28.7 Å². The Labute approximate surface area is 167 Å². The van der Waals surface area contributed by atoms with Crippen molar-refractivity contribution in [1.82, 2.24) is 4.90 Å². The van der Waals surface area contributed by atoms with Crippen LogP contribution in [0.3, 0.4) is 0 Å². The highest BCUT2D eigenvalue weighted by atomic mass is 32.1. The Morgan fingerprint density at radius 3 is 2.93 bits per heavy atom. The molecule has 0 radical (unpaired) electrons. The number of hydrogen-bond acceptors (Lipinski definition) is 7. The van der Waals surface area contributed by atoms with Crippen LogP contribution in [-0.4, -0.2) is 43.8 Å². The molecule has 1 aromatic heterocycles. The summed E-state index contributed by atoms with van der Waals surface area (Å²) in [7, 11) is 2.05. The van der Waals surface area contributed by atoms with Crippen molar-refractivity contribution in [3.8, 4) is 11.5 Å². The summed E-state index contributed by atoms with van der Waals surface area (Å²) in [6.45, 7) is 3.92. The normalized spacial score (nSPS) is 15.2. The van der Waals surface area contributed by atoms with Crippen molar-refractivity contribution in [1.29, 1.82) is 0 Å². The van der Waals surface area contributed by atoms with Crippen LogP contribution in [0, 0.1) is 0 Å². The molecule has 0 spiro atoms. The maximum absolute atomic E-state index is 12.7. The predicted molar refractivity (Wildman–Crippen MR) is 105 cm³/mol. The molecule has 148 valence electrons. The number of hydrogen-bond donors (Lipinski definition) is 1. The smallest absolute Gasteiger partial charge is 0.341 e. The first-order valence-corrected chi connectivity index (χ1v) is 10.1. The van der Waals surface area contributed by atoms with E-state index >= 15 is 0 Å². The van der Waals surface area contributed by atoms with Gasteiger partial charge in [0.1, 0.15) is 5.00 Å². The summed E-state index contributed by atoms with van der Waals surface area (Å²) in [5.41, 5.74) is 2.33. The third-order valence-corrected chi connectivity index (χ3v) is 5.91. The van der Waals surface area contributed by atoms with Crippen molar-refractivity contribution in [2.45, 2.75) is 26.3 Å². The Hall–Kier alpha value is -2.58. The van der Waals surface area contributed by atoms with Gasteiger partial charge in [-0.3, -0.25) is 4.79 Å². The fraction of sp³-hybridized carbons (Fsp3) is 0.400. The molecule has 28 heavy (non-hydrogen) atoms. The fourth-order valence-corrected chi connectivity index (χ4v) is 4.78. The summed E-state index contributed by atoms with van der Waals surface area (Å²) in [6.07, 6.45) is 0.954. The molecule has 0 aliphatic carbocycles. The molecule has 8 heteroatoms. The van der Waals surface area contributed by atoms with Crippen LogP contribution in [0.25, 0.3) is 0 Å². The largest absolute Gasteiger partial charge is 0.462 e. The molecule has 0 saturated carbocycles. The molecule has 7 nitrogen and oxygen atoms in total. The monoisotopic (exact) mass is 402 g/mol. The first kappa shape index (κ1) is 18.8. The first-order chi connectivity index (χ1) is 13.5. The van der Waals surface area contributed by atoms with Crippen molar-refractivity contribution >= 4 is 28.2 Å². The lowest BCUT2D eigenvalue weighted by atomic mass is 10.0. The molecule has 0 unspecified atom stereocenters. The van der Waals surface area contributed by atoms with E-state index in [0.717, 1.165) is 35.5 Å². The molecule has 4 rings (SSSR count). The molecule has 0 atom stereocenters. The average molecular weight is 402 g/mol. The molecule has 0 bridgehead atoms. The van der Waals surface area contributed by atoms with Crippen molar-refractivity contribution < 1.29 is 23.8 Å². The van der Waals surface area contributed by atoms with E-state index in [9.17, 15) is 9.59 Å². The molecule has 1 amide bonds. The number of carbonyl (C=O) groups is 2. The Kier molecular flexibility index (Phi) is 5.23. The molecule has 0 fully saturated rings. The first-order valence-electron chi connectivity index (χ1n) is 9.23. The highest BCUT2D eigenvalue weighted by Crippen LogP contribution is 2.38. The second kappa shape index (κ2) is 7.81. The van der Waals surface area contributed by atoms with Crippen LogP contribution in [0.1, 0.15) is 33.3 Å². The zero-order chi connectivity index (χ0) is 19.7. The van der Waals surface area contributed by atoms with Gasteiger partial charge in [-0.15, -0.1) is 11.3 Å². The Bertz CT molecular complexity index is 924. The topological polar surface area (TPSA) is 77.1 Å². The van der Waals surface area contributed by atoms with Gasteiger partial charge in [0, 0.05) is 18.0 Å². The SMILES string of the molecule is CCOC(=O)c1c(NC(=O)Cc2ccc3c(c2)OCO3)sc2c1CCN(C)C2. The number of anilines is 1. The molecular weight excluding hydrogens is 380 g/mol. The van der Waals surface area contributed by atoms with Crippen LogP contribution in [0.4, 0.5) is 5.00 Å². The highest BCUT2D eigenvalue weighted by molar-refractivity contribution is 7.17. The van der Waals surface area contributed by atoms with E-state index in [1.807, 2.05) is 19.2 Å². The van der Waals surface area contributed by atoms with E-state index in [1.54, 1.807) is 13.0 Å². The maximum atomic E-state index is 12.7. The van der Waals surface area contributed by atoms with Gasteiger partial charge in [0.15, 0.2) is 11.5 Å². The highest BCUT2D eigenvalue weighted by Gasteiger charge is 2.28. The van der Waals surface area contributed by atoms with Crippen LogP contribution in [0.15, 0.2) is 18.2 Å². The van der Waals surface area contributed by atoms with Gasteiger partial charge in [-0.1, -0.05) is 6.07 Å². The number of thiophene rings is 1. The van der Waals surface area contributed by atoms with Gasteiger partial charge < -0.3 is 24.4 Å². The number of esters is 1. The third kappa shape index (κ3) is 3.70. The number of carbonyl (C=O) groups excluding carboxylic acids is 2. The number of nitrogens with zero attached hydrogens (tertiary/aromatic N) is 1. The van der Waals surface area contributed by atoms with Crippen LogP contribution in [-0.2, 0) is 28.9 Å². The van der Waals surface area contributed by atoms with Gasteiger partial charge in [0.25, 0.3) is 0 Å². The summed E-state index contributed by atoms with van der Waals surface area (Å²) < 4.78 is 15.9. The van der Waals surface area contributed by atoms with Gasteiger partial charge in [0.05, 0.1) is 18.6 Å². The van der Waals surface area contributed by atoms with E-state index in [1.165, 1.54) is 11.3 Å². The molecule has 0 saturated heterocycles. The standard InChI is InChI=1S/C20H22N2O5S/c1-3-25-20(24)18-13-6-7-22(2)10-16(13)28-19(18)21-17(23)9-12-4-5-14-15(8-12)27-11-26-14/h4-5,8H,3,6-7,9-11H2,1-2H3,(H,21,23). The molecule has 2 aromatic rings. The molecule has 1 aromatic carbocycles. The minimum Gasteiger partial charge on any atom is -0.462 e. The minimum absolute atomic E-state index is 0.182. The third-order valence-electron chi connectivity index (χ3n) is 4.78. The van der Waals surface area contributed by atoms with E-state index < -0.39 is 0 Å². The van der Waals surface area contributed by atoms with E-state index in [4.69, 9.17) is 14.2 Å². The maximum Gasteiger partial charge on any atom is 0.341 e. The molecular formula is C20H22N2O5S. The van der Waals surface area contributed by atoms with Crippen molar-refractivity contribution in [2.75, 3.05) is 32.3 Å². The Morgan fingerprint density at radius 1 is 1.29 bits per heavy atom. The second-order valence-electron chi connectivity index (χ2n) is 6.83. The van der Waals surface area contributed by atoms with Gasteiger partial charge >= 0.3 is 5.97 Å². The fourth-order valence-electron chi connectivity index (χ4n) is 3.45. The van der Waals surface area contributed by atoms with E-state index in [-0.39, 0.29) is 25.1 Å². The quantitative estimate of drug-likeness (QED) is 0.775. The Balaban J connectivity index is 1.55. The van der Waals surface area contributed by atoms with Crippen molar-refractivity contribution in [3.63, 3.8) is 0 Å². The predicted octanol–water partition coefficient (Wildman–Crippen LogP) is 2.82. The number of benzene rings is 1. The minimum atomic E-state index is -0.372. The number of likely N-dealkylation sites (N-methyl/N-ethyl adjacent to an activating group) is 1. The van der Waals surface area contributed by atoms with Crippen LogP contribution in [0.5, 0.6) is 11.5 Å². The number of ether oxygens (including phenoxy) is 3. The lowest BCUT2D eigenvalue weighted by Crippen LogP contribution is -2.26. The molecule has 3 heterocycles. The molecule has 2 aliphatic rings. The van der Waals surface area contributed by atoms with Crippen molar-refractivity contribution in [3.05, 3.63) is 39.8 Å². The van der Waals surface area contributed by atoms with Crippen LogP contribution >= 0.6 is 11.3 Å². The number of amides is 1. The molecule has 2 aliphatic heterocycles. The number of nitrogens with one attached hydrogen (secondary N) is 1. The summed E-state index contributed by atoms with van der Waals surface area (Å²) in [5.74, 6) is 0.773. The second-order valence-corrected chi connectivity index (χ2v) is 7.93. The van der Waals surface area contributed by atoms with Crippen LogP contribution < -0.4 is 14.8 Å². The Morgan fingerprint density at radius 2 is 2.11 bits per heavy atom. The molecule has 1 N–H and O–H groups in total. The van der Waals surface area contributed by atoms with Crippen molar-refractivity contribution in [2.24, 2.45) is 0 Å². The lowest BCUT2D eigenvalue weighted by Gasteiger charge is -2.22. The van der Waals surface area contributed by atoms with E-state index in [2.05, 4.69) is 10.2 Å². The summed E-state index contributed by atoms with van der Waals surface area (Å²) in [5, 5.41) is 3.50. The lowest BCUT2D eigenvalue weighted by molar-refractivity contribution is -0.115. The van der Waals surface area contributed by atoms with Gasteiger partial charge in [-0.25, -0.2) is 4.79 Å².